The summed E-state index contributed by atoms with van der Waals surface area (Å²) in [4.78, 5) is 8.60. The number of allylic oxidation sites excluding steroid dienone is 8. The summed E-state index contributed by atoms with van der Waals surface area (Å²) in [7, 11) is 4.40. The van der Waals surface area contributed by atoms with Gasteiger partial charge in [-0.15, -0.1) is 0 Å². The molecule has 0 N–H and O–H groups in total. The monoisotopic (exact) mass is 963 g/mol. The summed E-state index contributed by atoms with van der Waals surface area (Å²) in [6, 6.07) is 0. The van der Waals surface area contributed by atoms with Crippen LogP contribution in [0.15, 0.2) is 53.8 Å². The molecule has 4 nitrogen and oxygen atoms in total. The predicted octanol–water partition coefficient (Wildman–Crippen LogP) is 21.1. The lowest BCUT2D eigenvalue weighted by molar-refractivity contribution is -0.0623. The smallest absolute Gasteiger partial charge is 0.122 e. The van der Waals surface area contributed by atoms with E-state index in [1.165, 1.54) is 218 Å². The Labute approximate surface area is 433 Å². The van der Waals surface area contributed by atoms with E-state index in [1.54, 1.807) is 0 Å². The fourth-order valence-corrected chi connectivity index (χ4v) is 11.4. The first-order chi connectivity index (χ1) is 33.2. The summed E-state index contributed by atoms with van der Waals surface area (Å²) >= 11 is 0. The second-order valence-corrected chi connectivity index (χ2v) is 25.0. The first-order valence-corrected chi connectivity index (χ1v) is 30.2. The van der Waals surface area contributed by atoms with Crippen molar-refractivity contribution in [1.82, 2.24) is 4.90 Å². The van der Waals surface area contributed by atoms with Gasteiger partial charge in [-0.1, -0.05) is 212 Å². The predicted molar refractivity (Wildman–Crippen MR) is 310 cm³/mol. The Bertz CT molecular complexity index is 1250. The van der Waals surface area contributed by atoms with Gasteiger partial charge >= 0.3 is 0 Å². The first-order valence-electron chi connectivity index (χ1n) is 30.2. The van der Waals surface area contributed by atoms with Crippen LogP contribution < -0.4 is 0 Å². The molecule has 1 fully saturated rings. The molecule has 69 heavy (non-hydrogen) atoms. The molecule has 3 unspecified atom stereocenters. The van der Waals surface area contributed by atoms with Gasteiger partial charge in [0.05, 0.1) is 17.9 Å². The van der Waals surface area contributed by atoms with Gasteiger partial charge in [0, 0.05) is 12.0 Å². The summed E-state index contributed by atoms with van der Waals surface area (Å²) < 4.78 is 6.74. The SMILES string of the molecule is CCCCC/C=C\C/C=C\CCCCCCCCC(CCCCCCCC/C=C\C/C=C\CCCCC)=NOCC(C)(C)CC(C)CCCCC1CCCC(CCC(C)(C)CC(C)(C)CN(C)C)O1. The van der Waals surface area contributed by atoms with Crippen molar-refractivity contribution in [3.05, 3.63) is 48.6 Å². The molecule has 0 aromatic rings. The van der Waals surface area contributed by atoms with Crippen molar-refractivity contribution in [2.24, 2.45) is 27.3 Å². The molecule has 0 amide bonds. The van der Waals surface area contributed by atoms with Gasteiger partial charge in [-0.2, -0.15) is 0 Å². The molecule has 404 valence electrons. The Hall–Kier alpha value is -1.65. The third-order valence-corrected chi connectivity index (χ3v) is 14.6. The molecule has 1 aliphatic heterocycles. The Kier molecular flexibility index (Phi) is 40.6. The number of nitrogens with zero attached hydrogens (tertiary/aromatic N) is 2. The van der Waals surface area contributed by atoms with E-state index >= 15 is 0 Å². The average molecular weight is 964 g/mol. The topological polar surface area (TPSA) is 34.1 Å². The van der Waals surface area contributed by atoms with Crippen LogP contribution in [0.1, 0.15) is 300 Å². The van der Waals surface area contributed by atoms with Crippen molar-refractivity contribution >= 4 is 5.71 Å². The Morgan fingerprint density at radius 3 is 1.52 bits per heavy atom. The van der Waals surface area contributed by atoms with Crippen LogP contribution in [-0.4, -0.2) is 50.1 Å². The maximum Gasteiger partial charge on any atom is 0.122 e. The highest BCUT2D eigenvalue weighted by Crippen LogP contribution is 2.39. The minimum atomic E-state index is 0.128. The maximum atomic E-state index is 6.74. The van der Waals surface area contributed by atoms with Crippen LogP contribution in [0, 0.1) is 22.2 Å². The molecular weight excluding hydrogens is 841 g/mol. The van der Waals surface area contributed by atoms with Crippen molar-refractivity contribution < 1.29 is 9.57 Å². The van der Waals surface area contributed by atoms with Crippen molar-refractivity contribution in [1.29, 1.82) is 0 Å². The van der Waals surface area contributed by atoms with Crippen LogP contribution in [0.2, 0.25) is 0 Å². The number of ether oxygens (including phenoxy) is 1. The van der Waals surface area contributed by atoms with Crippen molar-refractivity contribution in [3.8, 4) is 0 Å². The Balaban J connectivity index is 2.46. The molecule has 4 heteroatoms. The second-order valence-electron chi connectivity index (χ2n) is 25.0. The normalized spacial score (nSPS) is 16.9. The van der Waals surface area contributed by atoms with Gasteiger partial charge in [0.15, 0.2) is 0 Å². The molecule has 0 bridgehead atoms. The van der Waals surface area contributed by atoms with Crippen molar-refractivity contribution in [3.63, 3.8) is 0 Å². The molecule has 3 atom stereocenters. The second kappa shape index (κ2) is 42.8. The zero-order valence-electron chi connectivity index (χ0n) is 48.6. The Morgan fingerprint density at radius 1 is 0.565 bits per heavy atom. The van der Waals surface area contributed by atoms with Crippen molar-refractivity contribution in [2.45, 2.75) is 312 Å². The van der Waals surface area contributed by atoms with E-state index in [4.69, 9.17) is 14.7 Å². The molecule has 0 aromatic carbocycles. The molecule has 0 aliphatic carbocycles. The lowest BCUT2D eigenvalue weighted by atomic mass is 9.72. The summed E-state index contributed by atoms with van der Waals surface area (Å²) in [5.41, 5.74) is 2.13. The minimum Gasteiger partial charge on any atom is -0.395 e. The molecule has 1 rings (SSSR count). The van der Waals surface area contributed by atoms with E-state index in [0.29, 0.717) is 29.0 Å². The third kappa shape index (κ3) is 42.6. The van der Waals surface area contributed by atoms with Gasteiger partial charge in [-0.25, -0.2) is 0 Å². The standard InChI is InChI=1S/C65H122N2O2/c1-12-14-16-18-20-22-24-26-28-30-32-34-36-38-40-42-48-60(49-43-41-39-37-35-33-31-29-27-25-23-21-19-17-15-13-2)66-68-58-64(6,7)55-59(3)47-44-45-50-61-51-46-52-62(69-61)53-54-63(4,5)56-65(8,9)57-67(10)11/h20-23,26-29,59,61-62H,12-19,24-25,30-58H2,1-11H3/b22-20-,23-21-,28-26-,29-27-. The quantitative estimate of drug-likeness (QED) is 0.0264. The van der Waals surface area contributed by atoms with Gasteiger partial charge in [-0.3, -0.25) is 0 Å². The maximum absolute atomic E-state index is 6.74. The summed E-state index contributed by atoms with van der Waals surface area (Å²) in [6.07, 6.45) is 67.0. The van der Waals surface area contributed by atoms with Crippen LogP contribution >= 0.6 is 0 Å². The highest BCUT2D eigenvalue weighted by Gasteiger charge is 2.31. The largest absolute Gasteiger partial charge is 0.395 e. The molecule has 1 heterocycles. The highest BCUT2D eigenvalue weighted by atomic mass is 16.6. The zero-order valence-corrected chi connectivity index (χ0v) is 48.6. The van der Waals surface area contributed by atoms with Gasteiger partial charge in [0.25, 0.3) is 0 Å². The number of hydrogen-bond acceptors (Lipinski definition) is 4. The van der Waals surface area contributed by atoms with Crippen LogP contribution in [0.25, 0.3) is 0 Å². The molecule has 1 saturated heterocycles. The number of unbranched alkanes of at least 4 members (excludes halogenated alkanes) is 19. The van der Waals surface area contributed by atoms with E-state index < -0.39 is 0 Å². The van der Waals surface area contributed by atoms with Crippen LogP contribution in [0.4, 0.5) is 0 Å². The van der Waals surface area contributed by atoms with E-state index in [-0.39, 0.29) is 5.41 Å². The number of rotatable bonds is 47. The van der Waals surface area contributed by atoms with Crippen molar-refractivity contribution in [2.75, 3.05) is 27.2 Å². The fourth-order valence-electron chi connectivity index (χ4n) is 11.4. The van der Waals surface area contributed by atoms with Gasteiger partial charge in [-0.05, 0) is 172 Å². The van der Waals surface area contributed by atoms with E-state index in [0.717, 1.165) is 38.8 Å². The minimum absolute atomic E-state index is 0.128. The molecule has 1 aliphatic rings. The summed E-state index contributed by atoms with van der Waals surface area (Å²) in [6.45, 7) is 23.5. The first kappa shape index (κ1) is 65.4. The van der Waals surface area contributed by atoms with Gasteiger partial charge < -0.3 is 14.5 Å². The Morgan fingerprint density at radius 2 is 1.03 bits per heavy atom. The van der Waals surface area contributed by atoms with Gasteiger partial charge in [0.1, 0.15) is 6.61 Å². The summed E-state index contributed by atoms with van der Waals surface area (Å²) in [5.74, 6) is 0.697. The van der Waals surface area contributed by atoms with Gasteiger partial charge in [0.2, 0.25) is 0 Å². The van der Waals surface area contributed by atoms with Crippen LogP contribution in [0.5, 0.6) is 0 Å². The lowest BCUT2D eigenvalue weighted by Crippen LogP contribution is -2.34. The molecule has 0 radical (unpaired) electrons. The van der Waals surface area contributed by atoms with E-state index in [1.807, 2.05) is 0 Å². The molecular formula is C65H122N2O2. The lowest BCUT2D eigenvalue weighted by Gasteiger charge is -2.38. The average Bonchev–Trinajstić information content (AvgIpc) is 3.28. The molecule has 0 saturated carbocycles. The number of oxime groups is 1. The van der Waals surface area contributed by atoms with E-state index in [2.05, 4.69) is 130 Å². The number of hydrogen-bond donors (Lipinski definition) is 0. The molecule has 0 aromatic heterocycles. The summed E-state index contributed by atoms with van der Waals surface area (Å²) in [5, 5.41) is 4.89. The highest BCUT2D eigenvalue weighted by molar-refractivity contribution is 5.83. The van der Waals surface area contributed by atoms with E-state index in [9.17, 15) is 0 Å². The fraction of sp³-hybridized carbons (Fsp3) is 0.862. The zero-order chi connectivity index (χ0) is 50.7. The van der Waals surface area contributed by atoms with Crippen LogP contribution in [-0.2, 0) is 9.57 Å². The van der Waals surface area contributed by atoms with Crippen LogP contribution in [0.3, 0.4) is 0 Å². The molecule has 0 spiro atoms. The third-order valence-electron chi connectivity index (χ3n) is 14.6.